The van der Waals surface area contributed by atoms with E-state index in [9.17, 15) is 21.4 Å². The molecule has 6 rings (SSSR count). The lowest BCUT2D eigenvalue weighted by Crippen LogP contribution is -2.28. The average Bonchev–Trinajstić information content (AvgIpc) is 3.48. The smallest absolute Gasteiger partial charge is 0.264 e. The van der Waals surface area contributed by atoms with Gasteiger partial charge in [-0.05, 0) is 118 Å². The van der Waals surface area contributed by atoms with Gasteiger partial charge in [0.15, 0.2) is 5.71 Å². The van der Waals surface area contributed by atoms with Crippen molar-refractivity contribution in [1.82, 2.24) is 0 Å². The maximum Gasteiger partial charge on any atom is 0.264 e. The van der Waals surface area contributed by atoms with Gasteiger partial charge in [-0.3, -0.25) is 4.55 Å². The number of rotatable bonds is 14. The summed E-state index contributed by atoms with van der Waals surface area (Å²) in [7, 11) is -7.96. The lowest BCUT2D eigenvalue weighted by atomic mass is 9.81. The van der Waals surface area contributed by atoms with E-state index in [-0.39, 0.29) is 16.1 Å². The van der Waals surface area contributed by atoms with Gasteiger partial charge >= 0.3 is 0 Å². The molecule has 0 radical (unpaired) electrons. The van der Waals surface area contributed by atoms with Crippen LogP contribution in [0.25, 0.3) is 0 Å². The fourth-order valence-corrected chi connectivity index (χ4v) is 11.6. The molecule has 0 spiro atoms. The summed E-state index contributed by atoms with van der Waals surface area (Å²) in [4.78, 5) is 2.85. The monoisotopic (exact) mass is 923 g/mol. The molecule has 298 valence electrons. The summed E-state index contributed by atoms with van der Waals surface area (Å²) in [6, 6.07) is 21.4. The summed E-state index contributed by atoms with van der Waals surface area (Å²) in [5.41, 5.74) is 7.62. The van der Waals surface area contributed by atoms with Gasteiger partial charge in [0.05, 0.1) is 21.0 Å². The van der Waals surface area contributed by atoms with Crippen molar-refractivity contribution in [2.75, 3.05) is 23.7 Å². The molecule has 0 saturated heterocycles. The summed E-state index contributed by atoms with van der Waals surface area (Å²) in [6.07, 6.45) is 14.6. The van der Waals surface area contributed by atoms with Crippen LogP contribution in [0.3, 0.4) is 0 Å². The zero-order chi connectivity index (χ0) is 40.5. The first-order valence-electron chi connectivity index (χ1n) is 19.6. The summed E-state index contributed by atoms with van der Waals surface area (Å²) in [5, 5.41) is 0. The van der Waals surface area contributed by atoms with Gasteiger partial charge in [0, 0.05) is 56.4 Å². The highest BCUT2D eigenvalue weighted by Crippen LogP contribution is 2.49. The highest BCUT2D eigenvalue weighted by atomic mass is 79.9. The number of nitrogens with zero attached hydrogens (tertiary/aromatic N) is 2. The van der Waals surface area contributed by atoms with Crippen molar-refractivity contribution in [1.29, 1.82) is 0 Å². The zero-order valence-corrected chi connectivity index (χ0v) is 37.8. The van der Waals surface area contributed by atoms with E-state index in [1.807, 2.05) is 18.2 Å². The molecule has 1 N–H and O–H groups in total. The Morgan fingerprint density at radius 2 is 1.50 bits per heavy atom. The number of hydrogen-bond acceptors (Lipinski definition) is 5. The number of hydrogen-bond donors (Lipinski definition) is 1. The first-order chi connectivity index (χ1) is 26.5. The van der Waals surface area contributed by atoms with Crippen molar-refractivity contribution in [2.45, 2.75) is 102 Å². The Kier molecular flexibility index (Phi) is 12.9. The molecule has 3 aromatic carbocycles. The fraction of sp³-hybridized carbons (Fsp3) is 0.400. The molecule has 11 heteroatoms. The first-order valence-corrected chi connectivity index (χ1v) is 24.3. The third-order valence-corrected chi connectivity index (χ3v) is 15.2. The number of unbranched alkanes of at least 4 members (excludes halogenated alkanes) is 3. The SMILES string of the molecule is CCCCC[N+]1=C(/C=C/C2=C(S(=O)(=O)c3ccccc3)C(=C/C=C3/N(CCCCS(=O)(=O)O)c4ccc(Br)cc4C3(C)C)/CCC2)C(C)(C)c2cc(Br)ccc21. The molecule has 56 heavy (non-hydrogen) atoms. The largest absolute Gasteiger partial charge is 0.344 e. The molecule has 0 atom stereocenters. The van der Waals surface area contributed by atoms with Crippen molar-refractivity contribution < 1.29 is 26.0 Å². The summed E-state index contributed by atoms with van der Waals surface area (Å²) in [5.74, 6) is -0.293. The highest BCUT2D eigenvalue weighted by molar-refractivity contribution is 9.10. The second-order valence-electron chi connectivity index (χ2n) is 16.1. The number of allylic oxidation sites excluding steroid dienone is 7. The van der Waals surface area contributed by atoms with Crippen LogP contribution in [0.4, 0.5) is 11.4 Å². The van der Waals surface area contributed by atoms with Gasteiger partial charge in [-0.15, -0.1) is 0 Å². The van der Waals surface area contributed by atoms with Crippen molar-refractivity contribution in [3.63, 3.8) is 0 Å². The molecule has 0 bridgehead atoms. The number of halogens is 2. The van der Waals surface area contributed by atoms with Gasteiger partial charge in [0.1, 0.15) is 6.54 Å². The molecule has 1 aliphatic carbocycles. The second-order valence-corrected chi connectivity index (χ2v) is 21.4. The zero-order valence-electron chi connectivity index (χ0n) is 33.0. The molecule has 2 aliphatic heterocycles. The van der Waals surface area contributed by atoms with Gasteiger partial charge in [0.25, 0.3) is 10.1 Å². The number of benzene rings is 3. The van der Waals surface area contributed by atoms with Crippen LogP contribution in [0.2, 0.25) is 0 Å². The number of fused-ring (bicyclic) bond motifs is 2. The minimum atomic E-state index is -4.06. The van der Waals surface area contributed by atoms with Gasteiger partial charge in [0.2, 0.25) is 15.5 Å². The van der Waals surface area contributed by atoms with E-state index >= 15 is 0 Å². The fourth-order valence-electron chi connectivity index (χ4n) is 8.49. The predicted octanol–water partition coefficient (Wildman–Crippen LogP) is 11.5. The van der Waals surface area contributed by atoms with Gasteiger partial charge in [-0.25, -0.2) is 8.42 Å². The summed E-state index contributed by atoms with van der Waals surface area (Å²) < 4.78 is 66.3. The molecule has 3 aliphatic rings. The van der Waals surface area contributed by atoms with E-state index in [4.69, 9.17) is 0 Å². The van der Waals surface area contributed by atoms with Crippen LogP contribution in [0.5, 0.6) is 0 Å². The van der Waals surface area contributed by atoms with E-state index in [1.54, 1.807) is 24.3 Å². The standard InChI is InChI=1S/C45H52Br2N2O5S2/c1-6-7-11-27-48-39-23-21-34(46)30-37(39)44(2,3)41(48)25-19-32-15-14-16-33(43(32)56(53,54)36-17-9-8-10-18-36)20-26-42-45(4,5)38-31-35(47)22-24-40(38)49(42)28-12-13-29-55(50,51)52/h8-10,17-26,30-31H,6-7,11-16,27-29H2,1-5H3/p+1. The molecule has 7 nitrogen and oxygen atoms in total. The molecular weight excluding hydrogens is 872 g/mol. The topological polar surface area (TPSA) is 94.8 Å². The van der Waals surface area contributed by atoms with Crippen molar-refractivity contribution in [3.05, 3.63) is 133 Å². The van der Waals surface area contributed by atoms with E-state index < -0.39 is 25.4 Å². The summed E-state index contributed by atoms with van der Waals surface area (Å²) >= 11 is 7.35. The summed E-state index contributed by atoms with van der Waals surface area (Å²) in [6.45, 7) is 12.5. The Hall–Kier alpha value is -3.09. The normalized spacial score (nSPS) is 19.5. The molecule has 0 unspecified atom stereocenters. The molecule has 3 aromatic rings. The van der Waals surface area contributed by atoms with Crippen molar-refractivity contribution in [3.8, 4) is 0 Å². The molecule has 0 amide bonds. The molecular formula is C45H53Br2N2O5S2+. The third-order valence-electron chi connectivity index (χ3n) is 11.4. The molecule has 0 saturated carbocycles. The van der Waals surface area contributed by atoms with E-state index in [0.29, 0.717) is 37.1 Å². The van der Waals surface area contributed by atoms with Crippen LogP contribution in [0.1, 0.15) is 97.1 Å². The second kappa shape index (κ2) is 17.0. The van der Waals surface area contributed by atoms with Gasteiger partial charge in [-0.1, -0.05) is 89.4 Å². The molecule has 0 fully saturated rings. The van der Waals surface area contributed by atoms with Crippen LogP contribution in [0.15, 0.2) is 127 Å². The molecule has 2 heterocycles. The van der Waals surface area contributed by atoms with Crippen LogP contribution in [-0.4, -0.2) is 50.5 Å². The van der Waals surface area contributed by atoms with Crippen LogP contribution >= 0.6 is 31.9 Å². The Bertz CT molecular complexity index is 2370. The van der Waals surface area contributed by atoms with Crippen molar-refractivity contribution in [2.24, 2.45) is 0 Å². The maximum atomic E-state index is 14.8. The number of sulfone groups is 1. The predicted molar refractivity (Wildman–Crippen MR) is 236 cm³/mol. The Labute approximate surface area is 350 Å². The van der Waals surface area contributed by atoms with Gasteiger partial charge in [-0.2, -0.15) is 13.0 Å². The van der Waals surface area contributed by atoms with E-state index in [1.165, 1.54) is 11.3 Å². The van der Waals surface area contributed by atoms with E-state index in [2.05, 4.69) is 125 Å². The average molecular weight is 926 g/mol. The van der Waals surface area contributed by atoms with Crippen LogP contribution in [-0.2, 0) is 30.8 Å². The Morgan fingerprint density at radius 3 is 2.20 bits per heavy atom. The Morgan fingerprint density at radius 1 is 0.804 bits per heavy atom. The van der Waals surface area contributed by atoms with Gasteiger partial charge < -0.3 is 4.90 Å². The first kappa shape index (κ1) is 42.5. The minimum Gasteiger partial charge on any atom is -0.344 e. The lowest BCUT2D eigenvalue weighted by molar-refractivity contribution is -0.438. The van der Waals surface area contributed by atoms with Crippen molar-refractivity contribution >= 4 is 68.9 Å². The minimum absolute atomic E-state index is 0.271. The highest BCUT2D eigenvalue weighted by Gasteiger charge is 2.44. The number of anilines is 1. The lowest BCUT2D eigenvalue weighted by Gasteiger charge is -2.27. The van der Waals surface area contributed by atoms with E-state index in [0.717, 1.165) is 75.0 Å². The van der Waals surface area contributed by atoms with Crippen LogP contribution < -0.4 is 4.90 Å². The van der Waals surface area contributed by atoms with Crippen LogP contribution in [0, 0.1) is 0 Å². The quantitative estimate of drug-likeness (QED) is 0.0983. The third kappa shape index (κ3) is 8.82. The maximum absolute atomic E-state index is 14.8. The Balaban J connectivity index is 1.48. The molecule has 0 aromatic heterocycles.